The van der Waals surface area contributed by atoms with Crippen LogP contribution in [0.3, 0.4) is 0 Å². The van der Waals surface area contributed by atoms with Gasteiger partial charge in [-0.25, -0.2) is 4.98 Å². The molecule has 0 fully saturated rings. The standard InChI is InChI=1S/C11H17N3O2S/c1-4-5-8-6-9(15)14-11(13-8)17-7(2)10(16)12-3/h6-7H,4-5H2,1-3H3,(H,12,16)(H,13,14,15)/t7-/m1/s1. The van der Waals surface area contributed by atoms with Gasteiger partial charge in [-0.15, -0.1) is 0 Å². The van der Waals surface area contributed by atoms with Crippen molar-refractivity contribution in [1.29, 1.82) is 0 Å². The third-order valence-corrected chi connectivity index (χ3v) is 3.17. The van der Waals surface area contributed by atoms with Crippen molar-refractivity contribution in [2.45, 2.75) is 37.1 Å². The number of carbonyl (C=O) groups is 1. The molecule has 0 aliphatic heterocycles. The summed E-state index contributed by atoms with van der Waals surface area (Å²) in [6.45, 7) is 3.80. The molecule has 1 aromatic heterocycles. The molecular formula is C11H17N3O2S. The van der Waals surface area contributed by atoms with Crippen LogP contribution in [-0.2, 0) is 11.2 Å². The number of rotatable bonds is 5. The second-order valence-electron chi connectivity index (χ2n) is 3.67. The van der Waals surface area contributed by atoms with Crippen LogP contribution in [0.2, 0.25) is 0 Å². The Morgan fingerprint density at radius 1 is 1.65 bits per heavy atom. The van der Waals surface area contributed by atoms with Gasteiger partial charge in [-0.1, -0.05) is 25.1 Å². The molecule has 0 aliphatic carbocycles. The first kappa shape index (κ1) is 13.8. The van der Waals surface area contributed by atoms with Crippen LogP contribution >= 0.6 is 11.8 Å². The predicted molar refractivity (Wildman–Crippen MR) is 68.2 cm³/mol. The number of aromatic amines is 1. The first-order chi connectivity index (χ1) is 8.06. The van der Waals surface area contributed by atoms with Crippen molar-refractivity contribution < 1.29 is 4.79 Å². The van der Waals surface area contributed by atoms with E-state index in [1.165, 1.54) is 17.8 Å². The zero-order valence-corrected chi connectivity index (χ0v) is 11.1. The van der Waals surface area contributed by atoms with E-state index < -0.39 is 0 Å². The van der Waals surface area contributed by atoms with Crippen molar-refractivity contribution in [3.8, 4) is 0 Å². The molecule has 2 N–H and O–H groups in total. The molecule has 17 heavy (non-hydrogen) atoms. The molecule has 1 rings (SSSR count). The highest BCUT2D eigenvalue weighted by molar-refractivity contribution is 8.00. The van der Waals surface area contributed by atoms with Crippen molar-refractivity contribution in [3.05, 3.63) is 22.1 Å². The van der Waals surface area contributed by atoms with Gasteiger partial charge >= 0.3 is 0 Å². The zero-order chi connectivity index (χ0) is 12.8. The third-order valence-electron chi connectivity index (χ3n) is 2.18. The van der Waals surface area contributed by atoms with Crippen LogP contribution in [0.25, 0.3) is 0 Å². The lowest BCUT2D eigenvalue weighted by molar-refractivity contribution is -0.119. The van der Waals surface area contributed by atoms with Gasteiger partial charge in [0, 0.05) is 18.8 Å². The molecule has 1 heterocycles. The molecule has 0 spiro atoms. The van der Waals surface area contributed by atoms with Gasteiger partial charge in [-0.3, -0.25) is 9.59 Å². The Hall–Kier alpha value is -1.30. The summed E-state index contributed by atoms with van der Waals surface area (Å²) in [4.78, 5) is 29.7. The van der Waals surface area contributed by atoms with E-state index in [-0.39, 0.29) is 16.7 Å². The van der Waals surface area contributed by atoms with Crippen molar-refractivity contribution in [2.75, 3.05) is 7.05 Å². The molecule has 0 saturated heterocycles. The number of aromatic nitrogens is 2. The molecule has 0 aromatic carbocycles. The largest absolute Gasteiger partial charge is 0.358 e. The van der Waals surface area contributed by atoms with Crippen LogP contribution in [0.1, 0.15) is 26.0 Å². The highest BCUT2D eigenvalue weighted by atomic mass is 32.2. The highest BCUT2D eigenvalue weighted by Gasteiger charge is 2.14. The van der Waals surface area contributed by atoms with Gasteiger partial charge in [0.1, 0.15) is 0 Å². The zero-order valence-electron chi connectivity index (χ0n) is 10.2. The average molecular weight is 255 g/mol. The minimum absolute atomic E-state index is 0.0847. The van der Waals surface area contributed by atoms with E-state index in [2.05, 4.69) is 15.3 Å². The summed E-state index contributed by atoms with van der Waals surface area (Å²) in [6, 6.07) is 1.50. The van der Waals surface area contributed by atoms with E-state index in [9.17, 15) is 9.59 Å². The number of thioether (sulfide) groups is 1. The van der Waals surface area contributed by atoms with Crippen LogP contribution in [0, 0.1) is 0 Å². The van der Waals surface area contributed by atoms with Crippen LogP contribution < -0.4 is 10.9 Å². The quantitative estimate of drug-likeness (QED) is 0.607. The Morgan fingerprint density at radius 2 is 2.35 bits per heavy atom. The van der Waals surface area contributed by atoms with Gasteiger partial charge in [0.05, 0.1) is 5.25 Å². The number of nitrogens with zero attached hydrogens (tertiary/aromatic N) is 1. The Kier molecular flexibility index (Phi) is 5.21. The highest BCUT2D eigenvalue weighted by Crippen LogP contribution is 2.18. The molecule has 0 aliphatic rings. The number of amides is 1. The van der Waals surface area contributed by atoms with Crippen LogP contribution in [0.4, 0.5) is 0 Å². The van der Waals surface area contributed by atoms with E-state index in [1.807, 2.05) is 6.92 Å². The molecule has 0 saturated carbocycles. The van der Waals surface area contributed by atoms with E-state index >= 15 is 0 Å². The average Bonchev–Trinajstić information content (AvgIpc) is 2.27. The molecule has 1 amide bonds. The minimum atomic E-state index is -0.278. The van der Waals surface area contributed by atoms with Crippen molar-refractivity contribution in [2.24, 2.45) is 0 Å². The lowest BCUT2D eigenvalue weighted by Gasteiger charge is -2.09. The molecule has 94 valence electrons. The maximum atomic E-state index is 11.4. The Balaban J connectivity index is 2.83. The Labute approximate surface area is 104 Å². The van der Waals surface area contributed by atoms with E-state index in [0.29, 0.717) is 5.16 Å². The van der Waals surface area contributed by atoms with Crippen LogP contribution in [-0.4, -0.2) is 28.2 Å². The van der Waals surface area contributed by atoms with Gasteiger partial charge in [-0.05, 0) is 13.3 Å². The normalized spacial score (nSPS) is 12.2. The number of hydrogen-bond acceptors (Lipinski definition) is 4. The van der Waals surface area contributed by atoms with Crippen molar-refractivity contribution in [3.63, 3.8) is 0 Å². The Bertz CT molecular complexity index is 445. The van der Waals surface area contributed by atoms with E-state index in [4.69, 9.17) is 0 Å². The predicted octanol–water partition coefficient (Wildman–Crippen LogP) is 0.949. The maximum absolute atomic E-state index is 11.4. The second-order valence-corrected chi connectivity index (χ2v) is 5.00. The maximum Gasteiger partial charge on any atom is 0.251 e. The summed E-state index contributed by atoms with van der Waals surface area (Å²) in [5.74, 6) is -0.0847. The van der Waals surface area contributed by atoms with Crippen LogP contribution in [0.5, 0.6) is 0 Å². The van der Waals surface area contributed by atoms with Crippen LogP contribution in [0.15, 0.2) is 16.0 Å². The molecule has 0 radical (unpaired) electrons. The molecule has 1 atom stereocenters. The summed E-state index contributed by atoms with van der Waals surface area (Å²) in [7, 11) is 1.59. The molecule has 6 heteroatoms. The summed E-state index contributed by atoms with van der Waals surface area (Å²) < 4.78 is 0. The topological polar surface area (TPSA) is 74.8 Å². The van der Waals surface area contributed by atoms with Gasteiger partial charge < -0.3 is 10.3 Å². The SMILES string of the molecule is CCCc1cc(=O)[nH]c(S[C@H](C)C(=O)NC)n1. The first-order valence-electron chi connectivity index (χ1n) is 5.55. The number of nitrogens with one attached hydrogen (secondary N) is 2. The lowest BCUT2D eigenvalue weighted by atomic mass is 10.2. The smallest absolute Gasteiger partial charge is 0.251 e. The molecular weight excluding hydrogens is 238 g/mol. The number of aryl methyl sites for hydroxylation is 1. The van der Waals surface area contributed by atoms with Gasteiger partial charge in [-0.2, -0.15) is 0 Å². The monoisotopic (exact) mass is 255 g/mol. The summed E-state index contributed by atoms with van der Waals surface area (Å²) in [5.41, 5.74) is 0.595. The van der Waals surface area contributed by atoms with Crippen molar-refractivity contribution >= 4 is 17.7 Å². The second kappa shape index (κ2) is 6.44. The van der Waals surface area contributed by atoms with Gasteiger partial charge in [0.25, 0.3) is 5.56 Å². The molecule has 0 unspecified atom stereocenters. The number of H-pyrrole nitrogens is 1. The number of carbonyl (C=O) groups excluding carboxylic acids is 1. The summed E-state index contributed by atoms with van der Waals surface area (Å²) in [5, 5.41) is 2.78. The lowest BCUT2D eigenvalue weighted by Crippen LogP contribution is -2.27. The number of hydrogen-bond donors (Lipinski definition) is 2. The minimum Gasteiger partial charge on any atom is -0.358 e. The Morgan fingerprint density at radius 3 is 2.94 bits per heavy atom. The third kappa shape index (κ3) is 4.22. The molecule has 1 aromatic rings. The van der Waals surface area contributed by atoms with Gasteiger partial charge in [0.2, 0.25) is 5.91 Å². The fourth-order valence-corrected chi connectivity index (χ4v) is 2.24. The fraction of sp³-hybridized carbons (Fsp3) is 0.545. The summed E-state index contributed by atoms with van der Waals surface area (Å²) >= 11 is 1.25. The first-order valence-corrected chi connectivity index (χ1v) is 6.43. The van der Waals surface area contributed by atoms with E-state index in [1.54, 1.807) is 14.0 Å². The fourth-order valence-electron chi connectivity index (χ4n) is 1.35. The van der Waals surface area contributed by atoms with Crippen molar-refractivity contribution in [1.82, 2.24) is 15.3 Å². The molecule has 5 nitrogen and oxygen atoms in total. The van der Waals surface area contributed by atoms with E-state index in [0.717, 1.165) is 18.5 Å². The molecule has 0 bridgehead atoms. The summed E-state index contributed by atoms with van der Waals surface area (Å²) in [6.07, 6.45) is 1.71. The van der Waals surface area contributed by atoms with Gasteiger partial charge in [0.15, 0.2) is 5.16 Å².